The van der Waals surface area contributed by atoms with Crippen molar-refractivity contribution >= 4 is 17.5 Å². The second kappa shape index (κ2) is 8.12. The molecule has 0 spiro atoms. The van der Waals surface area contributed by atoms with Crippen molar-refractivity contribution in [1.29, 1.82) is 0 Å². The van der Waals surface area contributed by atoms with Gasteiger partial charge in [-0.05, 0) is 36.3 Å². The van der Waals surface area contributed by atoms with Gasteiger partial charge in [-0.3, -0.25) is 10.1 Å². The highest BCUT2D eigenvalue weighted by Crippen LogP contribution is 2.28. The van der Waals surface area contributed by atoms with E-state index in [4.69, 9.17) is 4.74 Å². The van der Waals surface area contributed by atoms with Gasteiger partial charge in [-0.25, -0.2) is 0 Å². The van der Waals surface area contributed by atoms with E-state index in [-0.39, 0.29) is 11.8 Å². The van der Waals surface area contributed by atoms with E-state index in [0.717, 1.165) is 22.4 Å². The Morgan fingerprint density at radius 2 is 1.50 bits per heavy atom. The largest absolute Gasteiger partial charge is 0.485 e. The van der Waals surface area contributed by atoms with Gasteiger partial charge in [0.25, 0.3) is 5.69 Å². The standard InChI is InChI=1S/C22H19NO3/c1-17(19-8-4-2-5-9-19)26-22(20-10-6-3-7-11-20)16-18-12-14-21(15-13-18)23(24)25/h2-17H,1H3/b22-16-. The van der Waals surface area contributed by atoms with Crippen molar-refractivity contribution < 1.29 is 9.66 Å². The first-order valence-corrected chi connectivity index (χ1v) is 8.36. The van der Waals surface area contributed by atoms with Crippen LogP contribution in [-0.4, -0.2) is 4.92 Å². The molecule has 0 aliphatic heterocycles. The summed E-state index contributed by atoms with van der Waals surface area (Å²) >= 11 is 0. The quantitative estimate of drug-likeness (QED) is 0.243. The normalized spacial score (nSPS) is 12.4. The monoisotopic (exact) mass is 345 g/mol. The first kappa shape index (κ1) is 17.4. The third kappa shape index (κ3) is 4.36. The van der Waals surface area contributed by atoms with Crippen LogP contribution in [0.3, 0.4) is 0 Å². The second-order valence-electron chi connectivity index (χ2n) is 5.89. The Labute approximate surface area is 152 Å². The van der Waals surface area contributed by atoms with Crippen molar-refractivity contribution in [3.8, 4) is 0 Å². The van der Waals surface area contributed by atoms with Crippen LogP contribution in [-0.2, 0) is 4.74 Å². The Hall–Kier alpha value is -3.40. The summed E-state index contributed by atoms with van der Waals surface area (Å²) in [5, 5.41) is 10.8. The van der Waals surface area contributed by atoms with Crippen molar-refractivity contribution in [3.63, 3.8) is 0 Å². The lowest BCUT2D eigenvalue weighted by atomic mass is 10.1. The van der Waals surface area contributed by atoms with Crippen LogP contribution in [0.1, 0.15) is 29.7 Å². The van der Waals surface area contributed by atoms with Crippen molar-refractivity contribution in [2.45, 2.75) is 13.0 Å². The van der Waals surface area contributed by atoms with E-state index in [1.807, 2.05) is 73.7 Å². The molecule has 0 aromatic heterocycles. The van der Waals surface area contributed by atoms with Crippen molar-refractivity contribution in [2.24, 2.45) is 0 Å². The van der Waals surface area contributed by atoms with E-state index in [2.05, 4.69) is 0 Å². The smallest absolute Gasteiger partial charge is 0.269 e. The minimum atomic E-state index is -0.403. The third-order valence-electron chi connectivity index (χ3n) is 4.03. The van der Waals surface area contributed by atoms with Gasteiger partial charge in [0.2, 0.25) is 0 Å². The summed E-state index contributed by atoms with van der Waals surface area (Å²) in [4.78, 5) is 10.4. The molecule has 1 unspecified atom stereocenters. The Kier molecular flexibility index (Phi) is 5.44. The maximum Gasteiger partial charge on any atom is 0.269 e. The third-order valence-corrected chi connectivity index (χ3v) is 4.03. The molecular formula is C22H19NO3. The van der Waals surface area contributed by atoms with Gasteiger partial charge in [0.15, 0.2) is 0 Å². The van der Waals surface area contributed by atoms with Crippen LogP contribution in [0.25, 0.3) is 11.8 Å². The summed E-state index contributed by atoms with van der Waals surface area (Å²) in [5.74, 6) is 0.718. The molecule has 0 amide bonds. The van der Waals surface area contributed by atoms with Crippen LogP contribution in [0.2, 0.25) is 0 Å². The van der Waals surface area contributed by atoms with Gasteiger partial charge in [0, 0.05) is 17.7 Å². The van der Waals surface area contributed by atoms with E-state index in [0.29, 0.717) is 0 Å². The minimum absolute atomic E-state index is 0.0713. The lowest BCUT2D eigenvalue weighted by Gasteiger charge is -2.18. The number of ether oxygens (including phenoxy) is 1. The molecule has 0 aliphatic rings. The van der Waals surface area contributed by atoms with E-state index < -0.39 is 4.92 Å². The fourth-order valence-corrected chi connectivity index (χ4v) is 2.61. The van der Waals surface area contributed by atoms with Gasteiger partial charge in [-0.1, -0.05) is 60.7 Å². The highest BCUT2D eigenvalue weighted by Gasteiger charge is 2.11. The molecule has 0 bridgehead atoms. The number of benzene rings is 3. The summed E-state index contributed by atoms with van der Waals surface area (Å²) in [6, 6.07) is 26.2. The summed E-state index contributed by atoms with van der Waals surface area (Å²) in [7, 11) is 0. The fraction of sp³-hybridized carbons (Fsp3) is 0.0909. The van der Waals surface area contributed by atoms with Gasteiger partial charge in [-0.15, -0.1) is 0 Å². The number of rotatable bonds is 6. The van der Waals surface area contributed by atoms with Crippen LogP contribution in [0, 0.1) is 10.1 Å². The predicted molar refractivity (Wildman–Crippen MR) is 103 cm³/mol. The SMILES string of the molecule is CC(O/C(=C\c1ccc([N+](=O)[O-])cc1)c1ccccc1)c1ccccc1. The number of non-ortho nitro benzene ring substituents is 1. The summed E-state index contributed by atoms with van der Waals surface area (Å²) in [5.41, 5.74) is 2.95. The molecule has 0 heterocycles. The van der Waals surface area contributed by atoms with Crippen LogP contribution < -0.4 is 0 Å². The molecular weight excluding hydrogens is 326 g/mol. The average molecular weight is 345 g/mol. The summed E-state index contributed by atoms with van der Waals surface area (Å²) in [6.45, 7) is 2.00. The molecule has 4 nitrogen and oxygen atoms in total. The van der Waals surface area contributed by atoms with Crippen LogP contribution in [0.5, 0.6) is 0 Å². The number of nitro benzene ring substituents is 1. The minimum Gasteiger partial charge on any atom is -0.485 e. The second-order valence-corrected chi connectivity index (χ2v) is 5.89. The number of hydrogen-bond donors (Lipinski definition) is 0. The molecule has 1 atom stereocenters. The van der Waals surface area contributed by atoms with Crippen molar-refractivity contribution in [1.82, 2.24) is 0 Å². The zero-order chi connectivity index (χ0) is 18.4. The van der Waals surface area contributed by atoms with Crippen LogP contribution in [0.4, 0.5) is 5.69 Å². The van der Waals surface area contributed by atoms with E-state index in [1.54, 1.807) is 12.1 Å². The van der Waals surface area contributed by atoms with Gasteiger partial charge in [0.05, 0.1) is 4.92 Å². The van der Waals surface area contributed by atoms with Crippen LogP contribution >= 0.6 is 0 Å². The summed E-state index contributed by atoms with van der Waals surface area (Å²) in [6.07, 6.45) is 1.78. The molecule has 3 aromatic rings. The number of nitrogens with zero attached hydrogens (tertiary/aromatic N) is 1. The Bertz CT molecular complexity index is 888. The zero-order valence-electron chi connectivity index (χ0n) is 14.4. The summed E-state index contributed by atoms with van der Waals surface area (Å²) < 4.78 is 6.23. The van der Waals surface area contributed by atoms with Crippen LogP contribution in [0.15, 0.2) is 84.9 Å². The lowest BCUT2D eigenvalue weighted by Crippen LogP contribution is -2.00. The van der Waals surface area contributed by atoms with E-state index >= 15 is 0 Å². The topological polar surface area (TPSA) is 52.4 Å². The molecule has 4 heteroatoms. The molecule has 0 saturated heterocycles. The number of hydrogen-bond acceptors (Lipinski definition) is 3. The van der Waals surface area contributed by atoms with E-state index in [9.17, 15) is 10.1 Å². The molecule has 0 fully saturated rings. The predicted octanol–water partition coefficient (Wildman–Crippen LogP) is 5.87. The van der Waals surface area contributed by atoms with Crippen molar-refractivity contribution in [3.05, 3.63) is 112 Å². The van der Waals surface area contributed by atoms with Gasteiger partial charge in [0.1, 0.15) is 11.9 Å². The molecule has 130 valence electrons. The van der Waals surface area contributed by atoms with E-state index in [1.165, 1.54) is 12.1 Å². The average Bonchev–Trinajstić information content (AvgIpc) is 2.69. The Morgan fingerprint density at radius 3 is 2.08 bits per heavy atom. The van der Waals surface area contributed by atoms with Gasteiger partial charge >= 0.3 is 0 Å². The fourth-order valence-electron chi connectivity index (χ4n) is 2.61. The lowest BCUT2D eigenvalue weighted by molar-refractivity contribution is -0.384. The zero-order valence-corrected chi connectivity index (χ0v) is 14.4. The molecule has 0 N–H and O–H groups in total. The molecule has 0 saturated carbocycles. The molecule has 26 heavy (non-hydrogen) atoms. The maximum atomic E-state index is 10.8. The Morgan fingerprint density at radius 1 is 0.923 bits per heavy atom. The highest BCUT2D eigenvalue weighted by atomic mass is 16.6. The number of nitro groups is 1. The van der Waals surface area contributed by atoms with Gasteiger partial charge < -0.3 is 4.74 Å². The maximum absolute atomic E-state index is 10.8. The first-order chi connectivity index (χ1) is 12.6. The molecule has 3 aromatic carbocycles. The van der Waals surface area contributed by atoms with Crippen molar-refractivity contribution in [2.75, 3.05) is 0 Å². The molecule has 3 rings (SSSR count). The highest BCUT2D eigenvalue weighted by molar-refractivity contribution is 5.77. The Balaban J connectivity index is 1.92. The van der Waals surface area contributed by atoms with Gasteiger partial charge in [-0.2, -0.15) is 0 Å². The first-order valence-electron chi connectivity index (χ1n) is 8.36. The molecule has 0 radical (unpaired) electrons. The molecule has 0 aliphatic carbocycles.